The van der Waals surface area contributed by atoms with Crippen LogP contribution in [0.2, 0.25) is 5.02 Å². The molecule has 1 aliphatic heterocycles. The van der Waals surface area contributed by atoms with Gasteiger partial charge >= 0.3 is 6.18 Å². The predicted octanol–water partition coefficient (Wildman–Crippen LogP) is 4.83. The number of hydrogen-bond donors (Lipinski definition) is 2. The average Bonchev–Trinajstić information content (AvgIpc) is 3.17. The second kappa shape index (κ2) is 12.1. The van der Waals surface area contributed by atoms with Crippen molar-refractivity contribution in [2.45, 2.75) is 55.9 Å². The Hall–Kier alpha value is -2.96. The summed E-state index contributed by atoms with van der Waals surface area (Å²) in [6.45, 7) is 6.36. The summed E-state index contributed by atoms with van der Waals surface area (Å²) >= 11 is 5.84. The Morgan fingerprint density at radius 3 is 2.49 bits per heavy atom. The minimum absolute atomic E-state index is 0.0260. The summed E-state index contributed by atoms with van der Waals surface area (Å²) in [5.41, 5.74) is -0.431. The van der Waals surface area contributed by atoms with Crippen LogP contribution < -0.4 is 10.6 Å². The van der Waals surface area contributed by atoms with Crippen LogP contribution in [-0.4, -0.2) is 55.3 Å². The Balaban J connectivity index is 1.77. The lowest BCUT2D eigenvalue weighted by atomic mass is 9.96. The Labute approximate surface area is 230 Å². The Morgan fingerprint density at radius 1 is 1.21 bits per heavy atom. The first-order chi connectivity index (χ1) is 18.1. The number of sulfonamides is 1. The van der Waals surface area contributed by atoms with Gasteiger partial charge in [0.1, 0.15) is 11.7 Å². The zero-order chi connectivity index (χ0) is 29.0. The van der Waals surface area contributed by atoms with Crippen LogP contribution in [0.4, 0.5) is 17.6 Å². The number of halogens is 5. The summed E-state index contributed by atoms with van der Waals surface area (Å²) in [5.74, 6) is -1.09. The van der Waals surface area contributed by atoms with E-state index in [0.29, 0.717) is 5.57 Å². The quantitative estimate of drug-likeness (QED) is 0.368. The van der Waals surface area contributed by atoms with Gasteiger partial charge in [-0.25, -0.2) is 12.8 Å². The molecule has 0 saturated carbocycles. The van der Waals surface area contributed by atoms with Crippen molar-refractivity contribution in [3.63, 3.8) is 0 Å². The molecule has 0 fully saturated rings. The third-order valence-corrected chi connectivity index (χ3v) is 8.17. The summed E-state index contributed by atoms with van der Waals surface area (Å²) in [4.78, 5) is 16.9. The van der Waals surface area contributed by atoms with Gasteiger partial charge in [0, 0.05) is 30.2 Å². The number of hydrogen-bond acceptors (Lipinski definition) is 5. The average molecular weight is 589 g/mol. The molecular formula is C26H29ClF4N4O3S. The number of amidine groups is 1. The van der Waals surface area contributed by atoms with Crippen LogP contribution in [0, 0.1) is 5.82 Å². The first-order valence-electron chi connectivity index (χ1n) is 12.0. The lowest BCUT2D eigenvalue weighted by molar-refractivity contribution is -0.136. The number of amides is 1. The standard InChI is InChI=1S/C26H29ClF4N4O3S/c1-17(23-33-22(25(2,3)34-23)24(36)32-13-12-26(29,30)31)11-14-35(16-18-9-10-19(27)15-21(18)28)39(37,38)20-7-5-4-6-8-20/h4-10,15,22H,1,11-14,16H2,2-3H3,(H,32,36)(H,33,34)/t22-/m0/s1. The van der Waals surface area contributed by atoms with Crippen molar-refractivity contribution in [1.29, 1.82) is 0 Å². The van der Waals surface area contributed by atoms with Gasteiger partial charge in [-0.1, -0.05) is 42.4 Å². The van der Waals surface area contributed by atoms with Crippen molar-refractivity contribution >= 4 is 33.4 Å². The maximum atomic E-state index is 14.6. The summed E-state index contributed by atoms with van der Waals surface area (Å²) < 4.78 is 79.9. The van der Waals surface area contributed by atoms with Crippen LogP contribution in [-0.2, 0) is 21.4 Å². The van der Waals surface area contributed by atoms with Gasteiger partial charge in [0.15, 0.2) is 6.04 Å². The lowest BCUT2D eigenvalue weighted by Crippen LogP contribution is -2.51. The van der Waals surface area contributed by atoms with E-state index in [1.807, 2.05) is 0 Å². The topological polar surface area (TPSA) is 90.9 Å². The smallest absolute Gasteiger partial charge is 0.363 e. The molecule has 2 aromatic rings. The molecule has 1 aliphatic rings. The molecule has 0 aliphatic carbocycles. The first-order valence-corrected chi connectivity index (χ1v) is 13.8. The number of aliphatic imine (C=N–C) groups is 1. The molecular weight excluding hydrogens is 560 g/mol. The largest absolute Gasteiger partial charge is 0.390 e. The Morgan fingerprint density at radius 2 is 1.87 bits per heavy atom. The van der Waals surface area contributed by atoms with Crippen LogP contribution in [0.5, 0.6) is 0 Å². The number of carbonyl (C=O) groups excluding carboxylic acids is 1. The molecule has 0 spiro atoms. The third-order valence-electron chi connectivity index (χ3n) is 6.08. The number of rotatable bonds is 11. The molecule has 2 N–H and O–H groups in total. The third kappa shape index (κ3) is 8.02. The van der Waals surface area contributed by atoms with Gasteiger partial charge in [-0.05, 0) is 50.1 Å². The maximum absolute atomic E-state index is 14.6. The van der Waals surface area contributed by atoms with Crippen LogP contribution in [0.15, 0.2) is 70.6 Å². The molecule has 7 nitrogen and oxygen atoms in total. The fraction of sp³-hybridized carbons (Fsp3) is 0.385. The van der Waals surface area contributed by atoms with Gasteiger partial charge in [-0.15, -0.1) is 0 Å². The highest BCUT2D eigenvalue weighted by atomic mass is 35.5. The van der Waals surface area contributed by atoms with Crippen molar-refractivity contribution in [3.8, 4) is 0 Å². The molecule has 1 amide bonds. The van der Waals surface area contributed by atoms with Crippen molar-refractivity contribution in [1.82, 2.24) is 14.9 Å². The van der Waals surface area contributed by atoms with Gasteiger partial charge < -0.3 is 10.6 Å². The van der Waals surface area contributed by atoms with E-state index in [2.05, 4.69) is 22.2 Å². The Kier molecular flexibility index (Phi) is 9.45. The van der Waals surface area contributed by atoms with E-state index < -0.39 is 52.5 Å². The van der Waals surface area contributed by atoms with Gasteiger partial charge in [0.25, 0.3) is 0 Å². The van der Waals surface area contributed by atoms with Crippen molar-refractivity contribution < 1.29 is 30.8 Å². The highest BCUT2D eigenvalue weighted by molar-refractivity contribution is 7.89. The van der Waals surface area contributed by atoms with Crippen LogP contribution in [0.25, 0.3) is 0 Å². The molecule has 0 saturated heterocycles. The molecule has 0 radical (unpaired) electrons. The SMILES string of the molecule is C=C(CCN(Cc1ccc(Cl)cc1F)S(=O)(=O)c1ccccc1)C1=N[C@@H](C(=O)NCCC(F)(F)F)C(C)(C)N1. The second-order valence-electron chi connectivity index (χ2n) is 9.62. The fourth-order valence-electron chi connectivity index (χ4n) is 3.93. The zero-order valence-electron chi connectivity index (χ0n) is 21.4. The van der Waals surface area contributed by atoms with Gasteiger partial charge in [-0.3, -0.25) is 9.79 Å². The molecule has 0 unspecified atom stereocenters. The highest BCUT2D eigenvalue weighted by Crippen LogP contribution is 2.26. The number of carbonyl (C=O) groups is 1. The summed E-state index contributed by atoms with van der Waals surface area (Å²) in [6.07, 6.45) is -5.49. The molecule has 0 aromatic heterocycles. The maximum Gasteiger partial charge on any atom is 0.390 e. The van der Waals surface area contributed by atoms with Gasteiger partial charge in [-0.2, -0.15) is 17.5 Å². The molecule has 1 heterocycles. The van der Waals surface area contributed by atoms with Crippen LogP contribution in [0.1, 0.15) is 32.3 Å². The summed E-state index contributed by atoms with van der Waals surface area (Å²) in [5, 5.41) is 5.48. The fourth-order valence-corrected chi connectivity index (χ4v) is 5.53. The van der Waals surface area contributed by atoms with E-state index in [9.17, 15) is 30.8 Å². The zero-order valence-corrected chi connectivity index (χ0v) is 22.9. The number of nitrogens with zero attached hydrogens (tertiary/aromatic N) is 2. The molecule has 39 heavy (non-hydrogen) atoms. The summed E-state index contributed by atoms with van der Waals surface area (Å²) in [7, 11) is -4.04. The van der Waals surface area contributed by atoms with Crippen molar-refractivity contribution in [2.75, 3.05) is 13.1 Å². The predicted molar refractivity (Wildman–Crippen MR) is 141 cm³/mol. The molecule has 3 rings (SSSR count). The molecule has 212 valence electrons. The first kappa shape index (κ1) is 30.6. The lowest BCUT2D eigenvalue weighted by Gasteiger charge is -2.26. The van der Waals surface area contributed by atoms with E-state index in [-0.39, 0.29) is 40.8 Å². The van der Waals surface area contributed by atoms with Gasteiger partial charge in [0.2, 0.25) is 15.9 Å². The van der Waals surface area contributed by atoms with E-state index in [4.69, 9.17) is 11.6 Å². The Bertz CT molecular complexity index is 1350. The van der Waals surface area contributed by atoms with E-state index >= 15 is 0 Å². The monoisotopic (exact) mass is 588 g/mol. The minimum Gasteiger partial charge on any atom is -0.363 e. The molecule has 13 heteroatoms. The molecule has 0 bridgehead atoms. The van der Waals surface area contributed by atoms with Gasteiger partial charge in [0.05, 0.1) is 16.9 Å². The molecule has 1 atom stereocenters. The number of benzene rings is 2. The highest BCUT2D eigenvalue weighted by Gasteiger charge is 2.41. The summed E-state index contributed by atoms with van der Waals surface area (Å²) in [6, 6.07) is 10.6. The number of alkyl halides is 3. The van der Waals surface area contributed by atoms with Crippen LogP contribution >= 0.6 is 11.6 Å². The van der Waals surface area contributed by atoms with Crippen LogP contribution in [0.3, 0.4) is 0 Å². The van der Waals surface area contributed by atoms with Crippen molar-refractivity contribution in [3.05, 3.63) is 77.1 Å². The molecule has 2 aromatic carbocycles. The van der Waals surface area contributed by atoms with E-state index in [1.165, 1.54) is 24.3 Å². The van der Waals surface area contributed by atoms with E-state index in [0.717, 1.165) is 10.4 Å². The van der Waals surface area contributed by atoms with E-state index in [1.54, 1.807) is 32.0 Å². The normalized spacial score (nSPS) is 17.0. The van der Waals surface area contributed by atoms with Crippen molar-refractivity contribution in [2.24, 2.45) is 4.99 Å². The minimum atomic E-state index is -4.40. The number of nitrogens with one attached hydrogen (secondary N) is 2. The second-order valence-corrected chi connectivity index (χ2v) is 12.0.